The number of hydrogen-bond donors (Lipinski definition) is 2. The van der Waals surface area contributed by atoms with Gasteiger partial charge in [0.25, 0.3) is 0 Å². The second-order valence-electron chi connectivity index (χ2n) is 5.10. The number of nitrogens with zero attached hydrogens (tertiary/aromatic N) is 1. The van der Waals surface area contributed by atoms with Crippen molar-refractivity contribution in [3.63, 3.8) is 0 Å². The number of hydrogen-bond acceptors (Lipinski definition) is 3. The Hall–Kier alpha value is -1.89. The van der Waals surface area contributed by atoms with Gasteiger partial charge in [0, 0.05) is 11.5 Å². The van der Waals surface area contributed by atoms with Gasteiger partial charge >= 0.3 is 5.97 Å². The highest BCUT2D eigenvalue weighted by molar-refractivity contribution is 9.10. The molecule has 21 heavy (non-hydrogen) atoms. The summed E-state index contributed by atoms with van der Waals surface area (Å²) in [4.78, 5) is 36.1. The van der Waals surface area contributed by atoms with Crippen LogP contribution in [0, 0.1) is 11.8 Å². The zero-order valence-electron chi connectivity index (χ0n) is 11.3. The lowest BCUT2D eigenvalue weighted by Gasteiger charge is -2.26. The van der Waals surface area contributed by atoms with Gasteiger partial charge in [0.15, 0.2) is 0 Å². The van der Waals surface area contributed by atoms with Crippen LogP contribution in [-0.2, 0) is 14.4 Å². The molecule has 112 valence electrons. The van der Waals surface area contributed by atoms with Crippen molar-refractivity contribution in [3.8, 4) is 0 Å². The molecule has 0 radical (unpaired) electrons. The fraction of sp³-hybridized carbons (Fsp3) is 0.357. The van der Waals surface area contributed by atoms with Crippen LogP contribution >= 0.6 is 15.9 Å². The first kappa shape index (κ1) is 15.5. The van der Waals surface area contributed by atoms with Crippen LogP contribution in [0.15, 0.2) is 28.7 Å². The Morgan fingerprint density at radius 1 is 1.38 bits per heavy atom. The van der Waals surface area contributed by atoms with E-state index in [9.17, 15) is 14.4 Å². The zero-order valence-corrected chi connectivity index (χ0v) is 12.9. The second-order valence-corrected chi connectivity index (χ2v) is 6.01. The summed E-state index contributed by atoms with van der Waals surface area (Å²) >= 11 is 3.30. The van der Waals surface area contributed by atoms with E-state index in [0.29, 0.717) is 12.0 Å². The number of carbonyl (C=O) groups excluding carboxylic acids is 2. The number of likely N-dealkylation sites (N-methyl/N-ethyl adjacent to an activating group) is 1. The summed E-state index contributed by atoms with van der Waals surface area (Å²) < 4.78 is 0.766. The van der Waals surface area contributed by atoms with Gasteiger partial charge in [0.2, 0.25) is 11.8 Å². The summed E-state index contributed by atoms with van der Waals surface area (Å²) in [6.07, 6.45) is 0.308. The number of nitrogens with two attached hydrogens (primary N) is 1. The molecule has 1 saturated carbocycles. The lowest BCUT2D eigenvalue weighted by molar-refractivity contribution is -0.143. The molecule has 0 aromatic heterocycles. The lowest BCUT2D eigenvalue weighted by Crippen LogP contribution is -2.40. The minimum Gasteiger partial charge on any atom is -0.481 e. The number of carbonyl (C=O) groups is 3. The maximum Gasteiger partial charge on any atom is 0.307 e. The quantitative estimate of drug-likeness (QED) is 0.828. The highest BCUT2D eigenvalue weighted by Gasteiger charge is 2.50. The van der Waals surface area contributed by atoms with Crippen molar-refractivity contribution in [2.75, 3.05) is 7.05 Å². The first-order valence-electron chi connectivity index (χ1n) is 6.37. The van der Waals surface area contributed by atoms with Crippen molar-refractivity contribution in [2.45, 2.75) is 12.5 Å². The monoisotopic (exact) mass is 354 g/mol. The molecule has 3 atom stereocenters. The third-order valence-corrected chi connectivity index (χ3v) is 4.09. The third-order valence-electron chi connectivity index (χ3n) is 3.59. The molecular formula is C14H15BrN2O4. The minimum absolute atomic E-state index is 0.308. The summed E-state index contributed by atoms with van der Waals surface area (Å²) in [5.74, 6) is -3.24. The molecular weight excluding hydrogens is 340 g/mol. The van der Waals surface area contributed by atoms with Gasteiger partial charge in [-0.25, -0.2) is 0 Å². The van der Waals surface area contributed by atoms with Gasteiger partial charge in [0.05, 0.1) is 11.8 Å². The Morgan fingerprint density at radius 2 is 2.05 bits per heavy atom. The normalized spacial score (nSPS) is 21.4. The van der Waals surface area contributed by atoms with Crippen LogP contribution in [0.3, 0.4) is 0 Å². The average Bonchev–Trinajstić information content (AvgIpc) is 3.17. The predicted molar refractivity (Wildman–Crippen MR) is 78.1 cm³/mol. The number of benzene rings is 1. The van der Waals surface area contributed by atoms with Gasteiger partial charge < -0.3 is 15.7 Å². The first-order valence-corrected chi connectivity index (χ1v) is 7.16. The van der Waals surface area contributed by atoms with E-state index in [1.165, 1.54) is 11.9 Å². The number of carboxylic acid groups (broad SMARTS) is 1. The number of rotatable bonds is 5. The van der Waals surface area contributed by atoms with Gasteiger partial charge in [0.1, 0.15) is 6.04 Å². The average molecular weight is 355 g/mol. The number of halogens is 1. The van der Waals surface area contributed by atoms with Crippen molar-refractivity contribution in [2.24, 2.45) is 17.6 Å². The Labute approximate surface area is 130 Å². The molecule has 2 amide bonds. The molecule has 1 fully saturated rings. The topological polar surface area (TPSA) is 101 Å². The van der Waals surface area contributed by atoms with E-state index < -0.39 is 29.8 Å². The number of amides is 2. The van der Waals surface area contributed by atoms with E-state index in [0.717, 1.165) is 4.47 Å². The SMILES string of the molecule is CN(C(=O)[C@@H]1C[C@H]1C(=O)O)C(C(N)=O)c1cccc(Br)c1. The van der Waals surface area contributed by atoms with Crippen LogP contribution in [0.25, 0.3) is 0 Å². The Bertz CT molecular complexity index is 604. The molecule has 1 aromatic rings. The van der Waals surface area contributed by atoms with Crippen molar-refractivity contribution in [3.05, 3.63) is 34.3 Å². The van der Waals surface area contributed by atoms with Crippen molar-refractivity contribution < 1.29 is 19.5 Å². The molecule has 1 unspecified atom stereocenters. The number of carboxylic acids is 1. The fourth-order valence-electron chi connectivity index (χ4n) is 2.39. The summed E-state index contributed by atoms with van der Waals surface area (Å²) in [5.41, 5.74) is 5.99. The predicted octanol–water partition coefficient (Wildman–Crippen LogP) is 1.15. The van der Waals surface area contributed by atoms with Crippen LogP contribution in [0.2, 0.25) is 0 Å². The molecule has 0 heterocycles. The van der Waals surface area contributed by atoms with E-state index in [-0.39, 0.29) is 5.91 Å². The van der Waals surface area contributed by atoms with Crippen molar-refractivity contribution in [1.29, 1.82) is 0 Å². The fourth-order valence-corrected chi connectivity index (χ4v) is 2.80. The van der Waals surface area contributed by atoms with Crippen LogP contribution in [0.1, 0.15) is 18.0 Å². The molecule has 3 N–H and O–H groups in total. The summed E-state index contributed by atoms with van der Waals surface area (Å²) in [5, 5.41) is 8.89. The maximum atomic E-state index is 12.3. The van der Waals surface area contributed by atoms with E-state index in [1.807, 2.05) is 0 Å². The largest absolute Gasteiger partial charge is 0.481 e. The molecule has 0 spiro atoms. The first-order chi connectivity index (χ1) is 9.82. The van der Waals surface area contributed by atoms with Crippen LogP contribution in [-0.4, -0.2) is 34.8 Å². The summed E-state index contributed by atoms with van der Waals surface area (Å²) in [6.45, 7) is 0. The Kier molecular flexibility index (Phi) is 4.32. The molecule has 6 nitrogen and oxygen atoms in total. The molecule has 0 bridgehead atoms. The standard InChI is InChI=1S/C14H15BrN2O4/c1-17(13(19)9-6-10(9)14(20)21)11(12(16)18)7-3-2-4-8(15)5-7/h2-5,9-11H,6H2,1H3,(H2,16,18)(H,20,21)/t9-,10-,11?/m1/s1. The van der Waals surface area contributed by atoms with E-state index >= 15 is 0 Å². The Morgan fingerprint density at radius 3 is 2.52 bits per heavy atom. The zero-order chi connectivity index (χ0) is 15.7. The molecule has 0 saturated heterocycles. The van der Waals surface area contributed by atoms with Gasteiger partial charge in [-0.3, -0.25) is 14.4 Å². The Balaban J connectivity index is 2.21. The number of aliphatic carboxylic acids is 1. The number of primary amides is 1. The molecule has 1 aliphatic carbocycles. The molecule has 7 heteroatoms. The maximum absolute atomic E-state index is 12.3. The van der Waals surface area contributed by atoms with E-state index in [1.54, 1.807) is 24.3 Å². The van der Waals surface area contributed by atoms with Gasteiger partial charge in [-0.05, 0) is 24.1 Å². The van der Waals surface area contributed by atoms with Crippen LogP contribution in [0.4, 0.5) is 0 Å². The van der Waals surface area contributed by atoms with Gasteiger partial charge in [-0.2, -0.15) is 0 Å². The van der Waals surface area contributed by atoms with Crippen LogP contribution in [0.5, 0.6) is 0 Å². The van der Waals surface area contributed by atoms with Gasteiger partial charge in [-0.1, -0.05) is 28.1 Å². The third kappa shape index (κ3) is 3.24. The summed E-state index contributed by atoms with van der Waals surface area (Å²) in [7, 11) is 1.47. The van der Waals surface area contributed by atoms with Gasteiger partial charge in [-0.15, -0.1) is 0 Å². The molecule has 1 aromatic carbocycles. The smallest absolute Gasteiger partial charge is 0.307 e. The van der Waals surface area contributed by atoms with Crippen molar-refractivity contribution >= 4 is 33.7 Å². The summed E-state index contributed by atoms with van der Waals surface area (Å²) in [6, 6.07) is 6.03. The van der Waals surface area contributed by atoms with E-state index in [4.69, 9.17) is 10.8 Å². The molecule has 1 aliphatic rings. The minimum atomic E-state index is -0.986. The van der Waals surface area contributed by atoms with Crippen LogP contribution < -0.4 is 5.73 Å². The molecule has 0 aliphatic heterocycles. The van der Waals surface area contributed by atoms with Crippen molar-refractivity contribution in [1.82, 2.24) is 4.90 Å². The van der Waals surface area contributed by atoms with E-state index in [2.05, 4.69) is 15.9 Å². The lowest BCUT2D eigenvalue weighted by atomic mass is 10.0. The highest BCUT2D eigenvalue weighted by atomic mass is 79.9. The second kappa shape index (κ2) is 5.85. The molecule has 2 rings (SSSR count). The highest BCUT2D eigenvalue weighted by Crippen LogP contribution is 2.41.